The number of hydrogen-bond donors (Lipinski definition) is 2. The molecule has 2 N–H and O–H groups in total. The smallest absolute Gasteiger partial charge is 0.319 e. The van der Waals surface area contributed by atoms with Crippen molar-refractivity contribution in [3.63, 3.8) is 0 Å². The van der Waals surface area contributed by atoms with Crippen molar-refractivity contribution in [1.82, 2.24) is 15.3 Å². The zero-order valence-corrected chi connectivity index (χ0v) is 18.3. The SMILES string of the molecule is COc1ccc(S(F)(F)(F)(F)F)cc1NC(=O)NCc1ccccc1Oc1ccnc(Cl)n1. The molecule has 0 saturated carbocycles. The highest BCUT2D eigenvalue weighted by Crippen LogP contribution is 3.02. The van der Waals surface area contributed by atoms with E-state index in [4.69, 9.17) is 21.1 Å². The van der Waals surface area contributed by atoms with Crippen molar-refractivity contribution in [2.24, 2.45) is 0 Å². The van der Waals surface area contributed by atoms with Gasteiger partial charge in [-0.2, -0.15) is 4.98 Å². The molecule has 0 unspecified atom stereocenters. The number of aromatic nitrogens is 2. The molecule has 0 atom stereocenters. The van der Waals surface area contributed by atoms with E-state index in [1.54, 1.807) is 24.3 Å². The molecule has 0 saturated heterocycles. The number of urea groups is 1. The number of carbonyl (C=O) groups is 1. The number of benzene rings is 2. The van der Waals surface area contributed by atoms with Gasteiger partial charge in [0.05, 0.1) is 12.8 Å². The normalized spacial score (nSPS) is 13.4. The maximum absolute atomic E-state index is 13.1. The topological polar surface area (TPSA) is 85.4 Å². The predicted octanol–water partition coefficient (Wildman–Crippen LogP) is 6.91. The maximum atomic E-state index is 13.1. The number of anilines is 1. The van der Waals surface area contributed by atoms with Gasteiger partial charge in [0, 0.05) is 24.4 Å². The monoisotopic (exact) mass is 510 g/mol. The number of hydrogen-bond acceptors (Lipinski definition) is 5. The van der Waals surface area contributed by atoms with E-state index in [0.29, 0.717) is 17.4 Å². The highest BCUT2D eigenvalue weighted by molar-refractivity contribution is 8.45. The molecule has 2 amide bonds. The summed E-state index contributed by atoms with van der Waals surface area (Å²) in [6.07, 6.45) is 1.38. The van der Waals surface area contributed by atoms with Crippen LogP contribution in [0.15, 0.2) is 59.6 Å². The molecule has 178 valence electrons. The second kappa shape index (κ2) is 8.23. The fourth-order valence-corrected chi connectivity index (χ4v) is 3.41. The number of nitrogens with one attached hydrogen (secondary N) is 2. The molecular weight excluding hydrogens is 495 g/mol. The highest BCUT2D eigenvalue weighted by Gasteiger charge is 2.65. The van der Waals surface area contributed by atoms with Crippen molar-refractivity contribution in [3.8, 4) is 17.4 Å². The van der Waals surface area contributed by atoms with E-state index in [0.717, 1.165) is 7.11 Å². The lowest BCUT2D eigenvalue weighted by Crippen LogP contribution is -2.28. The van der Waals surface area contributed by atoms with Crippen LogP contribution >= 0.6 is 21.8 Å². The summed E-state index contributed by atoms with van der Waals surface area (Å²) in [5, 5.41) is 4.46. The van der Waals surface area contributed by atoms with Crippen molar-refractivity contribution in [2.75, 3.05) is 12.4 Å². The number of para-hydroxylation sites is 1. The van der Waals surface area contributed by atoms with Crippen LogP contribution in [0.25, 0.3) is 0 Å². The summed E-state index contributed by atoms with van der Waals surface area (Å²) in [6, 6.07) is 8.03. The molecule has 0 bridgehead atoms. The molecule has 2 aromatic carbocycles. The Kier molecular flexibility index (Phi) is 6.06. The lowest BCUT2D eigenvalue weighted by molar-refractivity contribution is 0.251. The molecule has 1 heterocycles. The van der Waals surface area contributed by atoms with E-state index in [9.17, 15) is 24.2 Å². The molecule has 7 nitrogen and oxygen atoms in total. The average molecular weight is 511 g/mol. The minimum Gasteiger partial charge on any atom is -0.495 e. The van der Waals surface area contributed by atoms with Gasteiger partial charge in [-0.3, -0.25) is 0 Å². The van der Waals surface area contributed by atoms with Gasteiger partial charge in [0.25, 0.3) is 0 Å². The number of carbonyl (C=O) groups excluding carboxylic acids is 1. The van der Waals surface area contributed by atoms with Gasteiger partial charge in [-0.1, -0.05) is 37.6 Å². The summed E-state index contributed by atoms with van der Waals surface area (Å²) in [6.45, 7) is -0.121. The van der Waals surface area contributed by atoms with E-state index in [-0.39, 0.29) is 35.6 Å². The molecule has 14 heteroatoms. The van der Waals surface area contributed by atoms with Gasteiger partial charge < -0.3 is 20.1 Å². The number of ether oxygens (including phenoxy) is 2. The van der Waals surface area contributed by atoms with Crippen LogP contribution in [0.5, 0.6) is 17.4 Å². The van der Waals surface area contributed by atoms with Crippen molar-refractivity contribution < 1.29 is 33.7 Å². The van der Waals surface area contributed by atoms with Gasteiger partial charge >= 0.3 is 16.3 Å². The Morgan fingerprint density at radius 3 is 2.45 bits per heavy atom. The molecule has 1 aromatic heterocycles. The third-order valence-electron chi connectivity index (χ3n) is 4.09. The Morgan fingerprint density at radius 1 is 1.06 bits per heavy atom. The number of halogens is 6. The average Bonchev–Trinajstić information content (AvgIpc) is 2.71. The van der Waals surface area contributed by atoms with Gasteiger partial charge in [0.1, 0.15) is 16.4 Å². The molecule has 33 heavy (non-hydrogen) atoms. The van der Waals surface area contributed by atoms with E-state index in [1.807, 2.05) is 0 Å². The van der Waals surface area contributed by atoms with E-state index in [1.165, 1.54) is 12.3 Å². The highest BCUT2D eigenvalue weighted by atomic mass is 35.5. The standard InChI is InChI=1S/C19H16ClF5N4O3S/c1-31-16-7-6-13(33(21,22,23,24)25)10-14(16)28-19(30)27-11-12-4-2-3-5-15(12)32-17-8-9-26-18(20)29-17/h2-10H,11H2,1H3,(H2,27,28,30). The molecule has 0 aliphatic carbocycles. The van der Waals surface area contributed by atoms with Crippen LogP contribution in [0.2, 0.25) is 5.28 Å². The van der Waals surface area contributed by atoms with Crippen molar-refractivity contribution in [2.45, 2.75) is 11.4 Å². The van der Waals surface area contributed by atoms with Crippen LogP contribution in [-0.4, -0.2) is 23.1 Å². The van der Waals surface area contributed by atoms with Gasteiger partial charge in [0.15, 0.2) is 0 Å². The maximum Gasteiger partial charge on any atom is 0.319 e. The van der Waals surface area contributed by atoms with Crippen LogP contribution in [-0.2, 0) is 6.54 Å². The first-order chi connectivity index (χ1) is 15.2. The second-order valence-corrected chi connectivity index (χ2v) is 9.26. The molecule has 0 spiro atoms. The molecular formula is C19H16ClF5N4O3S. The summed E-state index contributed by atoms with van der Waals surface area (Å²) >= 11 is 5.72. The zero-order chi connectivity index (χ0) is 24.3. The lowest BCUT2D eigenvalue weighted by Gasteiger charge is -2.40. The first kappa shape index (κ1) is 24.3. The largest absolute Gasteiger partial charge is 0.495 e. The Balaban J connectivity index is 1.74. The fraction of sp³-hybridized carbons (Fsp3) is 0.105. The molecule has 0 aliphatic rings. The summed E-state index contributed by atoms with van der Waals surface area (Å²) in [7, 11) is -8.84. The Hall–Kier alpha value is -3.32. The summed E-state index contributed by atoms with van der Waals surface area (Å²) in [4.78, 5) is 17.7. The number of rotatable bonds is 7. The minimum absolute atomic E-state index is 0.0368. The van der Waals surface area contributed by atoms with Gasteiger partial charge in [0.2, 0.25) is 11.2 Å². The number of amides is 2. The van der Waals surface area contributed by atoms with Gasteiger partial charge in [-0.15, -0.1) is 0 Å². The Bertz CT molecular complexity index is 1200. The van der Waals surface area contributed by atoms with Gasteiger partial charge in [-0.25, -0.2) is 9.78 Å². The summed E-state index contributed by atoms with van der Waals surface area (Å²) in [5.41, 5.74) is -0.101. The lowest BCUT2D eigenvalue weighted by atomic mass is 10.2. The first-order valence-electron chi connectivity index (χ1n) is 8.96. The van der Waals surface area contributed by atoms with Crippen LogP contribution in [0, 0.1) is 0 Å². The molecule has 3 rings (SSSR count). The van der Waals surface area contributed by atoms with Crippen LogP contribution < -0.4 is 20.1 Å². The summed E-state index contributed by atoms with van der Waals surface area (Å²) in [5.74, 6) is 0.220. The molecule has 3 aromatic rings. The van der Waals surface area contributed by atoms with E-state index < -0.39 is 26.8 Å². The molecule has 0 radical (unpaired) electrons. The summed E-state index contributed by atoms with van der Waals surface area (Å²) < 4.78 is 76.1. The van der Waals surface area contributed by atoms with Crippen molar-refractivity contribution >= 4 is 33.5 Å². The predicted molar refractivity (Wildman–Crippen MR) is 114 cm³/mol. The van der Waals surface area contributed by atoms with Crippen LogP contribution in [0.4, 0.5) is 29.9 Å². The second-order valence-electron chi connectivity index (χ2n) is 6.51. The molecule has 0 fully saturated rings. The van der Waals surface area contributed by atoms with Crippen LogP contribution in [0.3, 0.4) is 0 Å². The van der Waals surface area contributed by atoms with Crippen LogP contribution in [0.1, 0.15) is 5.56 Å². The fourth-order valence-electron chi connectivity index (χ4n) is 2.61. The van der Waals surface area contributed by atoms with E-state index >= 15 is 0 Å². The third-order valence-corrected chi connectivity index (χ3v) is 5.42. The van der Waals surface area contributed by atoms with E-state index in [2.05, 4.69) is 20.6 Å². The minimum atomic E-state index is -9.95. The quantitative estimate of drug-likeness (QED) is 0.266. The third kappa shape index (κ3) is 6.58. The number of methoxy groups -OCH3 is 1. The Morgan fingerprint density at radius 2 is 1.79 bits per heavy atom. The van der Waals surface area contributed by atoms with Crippen molar-refractivity contribution in [3.05, 3.63) is 65.6 Å². The number of nitrogens with zero attached hydrogens (tertiary/aromatic N) is 2. The Labute approximate surface area is 189 Å². The zero-order valence-electron chi connectivity index (χ0n) is 16.7. The molecule has 0 aliphatic heterocycles. The first-order valence-corrected chi connectivity index (χ1v) is 11.3. The van der Waals surface area contributed by atoms with Crippen molar-refractivity contribution in [1.29, 1.82) is 0 Å². The van der Waals surface area contributed by atoms with Gasteiger partial charge in [-0.05, 0) is 35.9 Å².